The van der Waals surface area contributed by atoms with Gasteiger partial charge in [0.05, 0.1) is 19.2 Å². The van der Waals surface area contributed by atoms with Crippen molar-refractivity contribution >= 4 is 29.1 Å². The van der Waals surface area contributed by atoms with E-state index in [1.165, 1.54) is 7.11 Å². The summed E-state index contributed by atoms with van der Waals surface area (Å²) in [5, 5.41) is 0. The van der Waals surface area contributed by atoms with Gasteiger partial charge in [-0.05, 0) is 13.3 Å². The van der Waals surface area contributed by atoms with Gasteiger partial charge in [0.25, 0.3) is 0 Å². The number of nitrogens with zero attached hydrogens (tertiary/aromatic N) is 1. The molecule has 0 bridgehead atoms. The molecule has 84 valence electrons. The largest absolute Gasteiger partial charge is 0.469 e. The zero-order chi connectivity index (χ0) is 11.3. The molecule has 0 radical (unpaired) electrons. The molecular weight excluding hydrogens is 230 g/mol. The molecule has 3 nitrogen and oxygen atoms in total. The number of carbonyl (C=O) groups is 1. The van der Waals surface area contributed by atoms with Crippen LogP contribution in [0.1, 0.15) is 23.9 Å². The molecule has 0 unspecified atom stereocenters. The SMILES string of the molecule is CCCSc1nc(C)c(CC(=O)OC)s1. The highest BCUT2D eigenvalue weighted by atomic mass is 32.2. The summed E-state index contributed by atoms with van der Waals surface area (Å²) in [7, 11) is 1.41. The Bertz CT molecular complexity index is 336. The number of esters is 1. The van der Waals surface area contributed by atoms with E-state index in [1.807, 2.05) is 6.92 Å². The van der Waals surface area contributed by atoms with E-state index in [4.69, 9.17) is 0 Å². The van der Waals surface area contributed by atoms with Crippen molar-refractivity contribution in [1.82, 2.24) is 4.98 Å². The zero-order valence-corrected chi connectivity index (χ0v) is 10.8. The maximum Gasteiger partial charge on any atom is 0.310 e. The second-order valence-corrected chi connectivity index (χ2v) is 5.52. The monoisotopic (exact) mass is 245 g/mol. The minimum absolute atomic E-state index is 0.200. The number of aryl methyl sites for hydroxylation is 1. The standard InChI is InChI=1S/C10H15NO2S2/c1-4-5-14-10-11-7(2)8(15-10)6-9(12)13-3/h4-6H2,1-3H3. The van der Waals surface area contributed by atoms with Gasteiger partial charge in [-0.15, -0.1) is 11.3 Å². The van der Waals surface area contributed by atoms with Crippen molar-refractivity contribution in [3.8, 4) is 0 Å². The molecule has 1 heterocycles. The number of thiazole rings is 1. The number of rotatable bonds is 5. The first kappa shape index (κ1) is 12.5. The highest BCUT2D eigenvalue weighted by Crippen LogP contribution is 2.27. The van der Waals surface area contributed by atoms with Crippen molar-refractivity contribution in [2.75, 3.05) is 12.9 Å². The number of aromatic nitrogens is 1. The van der Waals surface area contributed by atoms with Gasteiger partial charge in [-0.25, -0.2) is 4.98 Å². The van der Waals surface area contributed by atoms with E-state index in [0.717, 1.165) is 27.1 Å². The van der Waals surface area contributed by atoms with Gasteiger partial charge in [-0.2, -0.15) is 0 Å². The van der Waals surface area contributed by atoms with Gasteiger partial charge in [0.2, 0.25) is 0 Å². The summed E-state index contributed by atoms with van der Waals surface area (Å²) in [5.41, 5.74) is 0.948. The number of carbonyl (C=O) groups excluding carboxylic acids is 1. The van der Waals surface area contributed by atoms with E-state index >= 15 is 0 Å². The average Bonchev–Trinajstić information content (AvgIpc) is 2.56. The first-order valence-electron chi connectivity index (χ1n) is 4.83. The predicted molar refractivity (Wildman–Crippen MR) is 63.6 cm³/mol. The molecule has 5 heteroatoms. The van der Waals surface area contributed by atoms with Gasteiger partial charge in [-0.1, -0.05) is 18.7 Å². The molecule has 0 fully saturated rings. The minimum atomic E-state index is -0.200. The van der Waals surface area contributed by atoms with Gasteiger partial charge >= 0.3 is 5.97 Å². The third-order valence-electron chi connectivity index (χ3n) is 1.84. The number of hydrogen-bond donors (Lipinski definition) is 0. The van der Waals surface area contributed by atoms with Crippen molar-refractivity contribution in [2.24, 2.45) is 0 Å². The molecule has 0 aromatic carbocycles. The average molecular weight is 245 g/mol. The molecule has 1 aromatic rings. The maximum absolute atomic E-state index is 11.1. The molecule has 0 N–H and O–H groups in total. The van der Waals surface area contributed by atoms with Crippen LogP contribution in [-0.4, -0.2) is 23.8 Å². The quantitative estimate of drug-likeness (QED) is 0.590. The fourth-order valence-corrected chi connectivity index (χ4v) is 3.16. The van der Waals surface area contributed by atoms with Crippen LogP contribution >= 0.6 is 23.1 Å². The highest BCUT2D eigenvalue weighted by Gasteiger charge is 2.11. The number of thioether (sulfide) groups is 1. The van der Waals surface area contributed by atoms with E-state index in [1.54, 1.807) is 23.1 Å². The van der Waals surface area contributed by atoms with E-state index in [-0.39, 0.29) is 5.97 Å². The fraction of sp³-hybridized carbons (Fsp3) is 0.600. The molecule has 0 amide bonds. The summed E-state index contributed by atoms with van der Waals surface area (Å²) in [4.78, 5) is 16.5. The van der Waals surface area contributed by atoms with Crippen molar-refractivity contribution in [1.29, 1.82) is 0 Å². The molecule has 0 spiro atoms. The van der Waals surface area contributed by atoms with E-state index < -0.39 is 0 Å². The molecule has 15 heavy (non-hydrogen) atoms. The Morgan fingerprint density at radius 2 is 2.33 bits per heavy atom. The normalized spacial score (nSPS) is 10.3. The van der Waals surface area contributed by atoms with Gasteiger partial charge in [0.1, 0.15) is 4.34 Å². The second kappa shape index (κ2) is 6.12. The summed E-state index contributed by atoms with van der Waals surface area (Å²) in [6.07, 6.45) is 1.47. The van der Waals surface area contributed by atoms with Crippen LogP contribution in [0.4, 0.5) is 0 Å². The van der Waals surface area contributed by atoms with Gasteiger partial charge in [0.15, 0.2) is 0 Å². The summed E-state index contributed by atoms with van der Waals surface area (Å²) in [6.45, 7) is 4.08. The Labute approximate surface area is 98.2 Å². The minimum Gasteiger partial charge on any atom is -0.469 e. The molecule has 0 aliphatic heterocycles. The van der Waals surface area contributed by atoms with Gasteiger partial charge in [-0.3, -0.25) is 4.79 Å². The summed E-state index contributed by atoms with van der Waals surface area (Å²) >= 11 is 3.34. The Morgan fingerprint density at radius 3 is 2.93 bits per heavy atom. The van der Waals surface area contributed by atoms with Crippen LogP contribution in [0.2, 0.25) is 0 Å². The van der Waals surface area contributed by atoms with E-state index in [9.17, 15) is 4.79 Å². The van der Waals surface area contributed by atoms with Crippen molar-refractivity contribution in [2.45, 2.75) is 31.0 Å². The van der Waals surface area contributed by atoms with Crippen LogP contribution in [0.3, 0.4) is 0 Å². The maximum atomic E-state index is 11.1. The van der Waals surface area contributed by atoms with Crippen LogP contribution in [0.15, 0.2) is 4.34 Å². The lowest BCUT2D eigenvalue weighted by atomic mass is 10.3. The summed E-state index contributed by atoms with van der Waals surface area (Å²) in [6, 6.07) is 0. The topological polar surface area (TPSA) is 39.2 Å². The molecule has 0 aliphatic carbocycles. The Balaban J connectivity index is 2.64. The Morgan fingerprint density at radius 1 is 1.60 bits per heavy atom. The van der Waals surface area contributed by atoms with Crippen LogP contribution < -0.4 is 0 Å². The number of ether oxygens (including phenoxy) is 1. The van der Waals surface area contributed by atoms with Crippen molar-refractivity contribution in [3.05, 3.63) is 10.6 Å². The Hall–Kier alpha value is -0.550. The van der Waals surface area contributed by atoms with Crippen LogP contribution in [0, 0.1) is 6.92 Å². The zero-order valence-electron chi connectivity index (χ0n) is 9.20. The summed E-state index contributed by atoms with van der Waals surface area (Å²) < 4.78 is 5.68. The fourth-order valence-electron chi connectivity index (χ4n) is 1.02. The van der Waals surface area contributed by atoms with Crippen LogP contribution in [0.25, 0.3) is 0 Å². The molecular formula is C10H15NO2S2. The van der Waals surface area contributed by atoms with Crippen LogP contribution in [0.5, 0.6) is 0 Å². The van der Waals surface area contributed by atoms with E-state index in [0.29, 0.717) is 6.42 Å². The van der Waals surface area contributed by atoms with Gasteiger partial charge < -0.3 is 4.74 Å². The second-order valence-electron chi connectivity index (χ2n) is 3.09. The number of hydrogen-bond acceptors (Lipinski definition) is 5. The number of methoxy groups -OCH3 is 1. The summed E-state index contributed by atoms with van der Waals surface area (Å²) in [5.74, 6) is 0.874. The molecule has 1 aromatic heterocycles. The van der Waals surface area contributed by atoms with E-state index in [2.05, 4.69) is 16.6 Å². The highest BCUT2D eigenvalue weighted by molar-refractivity contribution is 8.01. The lowest BCUT2D eigenvalue weighted by molar-refractivity contribution is -0.139. The van der Waals surface area contributed by atoms with Crippen LogP contribution in [-0.2, 0) is 16.0 Å². The van der Waals surface area contributed by atoms with Crippen molar-refractivity contribution in [3.63, 3.8) is 0 Å². The molecule has 0 aliphatic rings. The third-order valence-corrected chi connectivity index (χ3v) is 4.34. The molecule has 0 saturated heterocycles. The Kier molecular flexibility index (Phi) is 5.11. The third kappa shape index (κ3) is 3.83. The van der Waals surface area contributed by atoms with Gasteiger partial charge in [0, 0.05) is 10.6 Å². The molecule has 0 atom stereocenters. The predicted octanol–water partition coefficient (Wildman–Crippen LogP) is 2.67. The lowest BCUT2D eigenvalue weighted by Gasteiger charge is -1.95. The molecule has 1 rings (SSSR count). The lowest BCUT2D eigenvalue weighted by Crippen LogP contribution is -2.03. The first-order valence-corrected chi connectivity index (χ1v) is 6.63. The smallest absolute Gasteiger partial charge is 0.310 e. The first-order chi connectivity index (χ1) is 7.17. The molecule has 0 saturated carbocycles. The van der Waals surface area contributed by atoms with Crippen molar-refractivity contribution < 1.29 is 9.53 Å².